The van der Waals surface area contributed by atoms with E-state index in [4.69, 9.17) is 5.26 Å². The summed E-state index contributed by atoms with van der Waals surface area (Å²) in [6.45, 7) is 1.89. The molecule has 0 spiro atoms. The van der Waals surface area contributed by atoms with Crippen molar-refractivity contribution in [3.8, 4) is 4.98 Å². The van der Waals surface area contributed by atoms with Gasteiger partial charge >= 0.3 is 10.2 Å². The summed E-state index contributed by atoms with van der Waals surface area (Å²) < 4.78 is 47.0. The van der Waals surface area contributed by atoms with Crippen molar-refractivity contribution in [3.05, 3.63) is 24.3 Å². The van der Waals surface area contributed by atoms with Crippen LogP contribution >= 0.6 is 15.9 Å². The van der Waals surface area contributed by atoms with Gasteiger partial charge in [-0.3, -0.25) is 4.72 Å². The van der Waals surface area contributed by atoms with Gasteiger partial charge in [-0.1, -0.05) is 12.1 Å². The molecule has 10 nitrogen and oxygen atoms in total. The zero-order valence-corrected chi connectivity index (χ0v) is 17.3. The zero-order chi connectivity index (χ0) is 20.0. The Hall–Kier alpha value is -1.43. The quantitative estimate of drug-likeness (QED) is 0.535. The molecular weight excluding hydrogens is 448 g/mol. The van der Waals surface area contributed by atoms with Gasteiger partial charge in [0.15, 0.2) is 0 Å². The van der Waals surface area contributed by atoms with E-state index in [1.54, 1.807) is 9.28 Å². The van der Waals surface area contributed by atoms with Gasteiger partial charge in [-0.2, -0.15) is 22.1 Å². The molecule has 13 heteroatoms. The number of halogens is 1. The summed E-state index contributed by atoms with van der Waals surface area (Å²) in [6.07, 6.45) is 1.76. The lowest BCUT2D eigenvalue weighted by molar-refractivity contribution is 0.257. The third kappa shape index (κ3) is 7.06. The molecule has 0 radical (unpaired) electrons. The standard InChI is InChI=1S/C12H17N3O2S.CBrN.H4N2O2S/c1-14-8-6-10(7-9-14)15-12-5-3-2-4-11(12)13-18(15,16)17;2-1-3;1-5(2,3)4/h2-5,10,13H,6-9H2,1H3;;(H4,1,2,3,4). The summed E-state index contributed by atoms with van der Waals surface area (Å²) in [5.74, 6) is 0. The van der Waals surface area contributed by atoms with Gasteiger partial charge in [0, 0.05) is 22.0 Å². The van der Waals surface area contributed by atoms with Gasteiger partial charge in [0.2, 0.25) is 0 Å². The first-order chi connectivity index (χ1) is 12.0. The lowest BCUT2D eigenvalue weighted by Crippen LogP contribution is -2.46. The predicted octanol–water partition coefficient (Wildman–Crippen LogP) is 0.268. The van der Waals surface area contributed by atoms with E-state index in [2.05, 4.69) is 42.9 Å². The number of piperidine rings is 1. The van der Waals surface area contributed by atoms with E-state index in [9.17, 15) is 16.8 Å². The number of para-hydroxylation sites is 2. The smallest absolute Gasteiger partial charge is 0.306 e. The zero-order valence-electron chi connectivity index (χ0n) is 14.0. The summed E-state index contributed by atoms with van der Waals surface area (Å²) in [7, 11) is -4.99. The minimum Gasteiger partial charge on any atom is -0.306 e. The average molecular weight is 469 g/mol. The number of nitriles is 1. The number of hydrogen-bond acceptors (Lipinski definition) is 6. The molecule has 3 rings (SSSR count). The largest absolute Gasteiger partial charge is 0.324 e. The van der Waals surface area contributed by atoms with Crippen molar-refractivity contribution in [2.45, 2.75) is 18.9 Å². The Balaban J connectivity index is 0.000000361. The van der Waals surface area contributed by atoms with E-state index in [0.29, 0.717) is 5.69 Å². The number of fused-ring (bicyclic) bond motifs is 1. The first kappa shape index (κ1) is 22.6. The van der Waals surface area contributed by atoms with Crippen LogP contribution in [0.15, 0.2) is 24.3 Å². The number of hydrogen-bond donors (Lipinski definition) is 3. The van der Waals surface area contributed by atoms with E-state index in [-0.39, 0.29) is 6.04 Å². The predicted molar refractivity (Wildman–Crippen MR) is 104 cm³/mol. The molecular formula is C13H21BrN6O4S2. The lowest BCUT2D eigenvalue weighted by Gasteiger charge is -2.34. The molecule has 0 amide bonds. The van der Waals surface area contributed by atoms with Gasteiger partial charge in [-0.15, -0.1) is 0 Å². The Morgan fingerprint density at radius 3 is 2.23 bits per heavy atom. The molecule has 0 unspecified atom stereocenters. The summed E-state index contributed by atoms with van der Waals surface area (Å²) in [6, 6.07) is 7.47. The molecule has 0 aliphatic carbocycles. The van der Waals surface area contributed by atoms with Crippen LogP contribution in [0.1, 0.15) is 12.8 Å². The van der Waals surface area contributed by atoms with Crippen LogP contribution in [0, 0.1) is 10.2 Å². The van der Waals surface area contributed by atoms with Crippen molar-refractivity contribution in [2.75, 3.05) is 29.2 Å². The fraction of sp³-hybridized carbons (Fsp3) is 0.462. The van der Waals surface area contributed by atoms with Crippen LogP contribution in [0.25, 0.3) is 0 Å². The number of anilines is 2. The van der Waals surface area contributed by atoms with Gasteiger partial charge in [-0.25, -0.2) is 14.6 Å². The van der Waals surface area contributed by atoms with E-state index in [1.165, 1.54) is 0 Å². The lowest BCUT2D eigenvalue weighted by atomic mass is 10.0. The highest BCUT2D eigenvalue weighted by Crippen LogP contribution is 2.38. The van der Waals surface area contributed by atoms with Crippen LogP contribution in [0.3, 0.4) is 0 Å². The van der Waals surface area contributed by atoms with Crippen molar-refractivity contribution in [1.29, 1.82) is 5.26 Å². The number of benzene rings is 1. The Kier molecular flexibility index (Phi) is 8.25. The molecule has 5 N–H and O–H groups in total. The van der Waals surface area contributed by atoms with E-state index in [0.717, 1.165) is 31.6 Å². The van der Waals surface area contributed by atoms with Gasteiger partial charge in [-0.05, 0) is 45.1 Å². The van der Waals surface area contributed by atoms with E-state index < -0.39 is 20.4 Å². The maximum Gasteiger partial charge on any atom is 0.324 e. The minimum atomic E-state index is -3.67. The molecule has 2 aliphatic heterocycles. The number of nitrogens with two attached hydrogens (primary N) is 2. The summed E-state index contributed by atoms with van der Waals surface area (Å²) in [5.41, 5.74) is 1.48. The first-order valence-corrected chi connectivity index (χ1v) is 11.2. The molecule has 26 heavy (non-hydrogen) atoms. The molecule has 0 aromatic heterocycles. The molecule has 0 bridgehead atoms. The normalized spacial score (nSPS) is 19.0. The molecule has 1 saturated heterocycles. The van der Waals surface area contributed by atoms with Gasteiger partial charge in [0.05, 0.1) is 11.4 Å². The highest BCUT2D eigenvalue weighted by Gasteiger charge is 2.38. The first-order valence-electron chi connectivity index (χ1n) is 7.39. The molecule has 0 saturated carbocycles. The van der Waals surface area contributed by atoms with Crippen LogP contribution in [0.5, 0.6) is 0 Å². The molecule has 2 heterocycles. The Labute approximate surface area is 162 Å². The average Bonchev–Trinajstić information content (AvgIpc) is 2.77. The topological polar surface area (TPSA) is 163 Å². The third-order valence-electron chi connectivity index (χ3n) is 3.66. The van der Waals surface area contributed by atoms with Crippen molar-refractivity contribution in [1.82, 2.24) is 4.90 Å². The summed E-state index contributed by atoms with van der Waals surface area (Å²) in [5, 5.41) is 15.4. The monoisotopic (exact) mass is 468 g/mol. The van der Waals surface area contributed by atoms with Crippen LogP contribution in [0.4, 0.5) is 11.4 Å². The van der Waals surface area contributed by atoms with Crippen molar-refractivity contribution in [3.63, 3.8) is 0 Å². The van der Waals surface area contributed by atoms with Crippen molar-refractivity contribution < 1.29 is 16.8 Å². The van der Waals surface area contributed by atoms with Crippen LogP contribution in [0.2, 0.25) is 0 Å². The van der Waals surface area contributed by atoms with Gasteiger partial charge < -0.3 is 4.90 Å². The van der Waals surface area contributed by atoms with E-state index in [1.807, 2.05) is 24.3 Å². The Morgan fingerprint density at radius 2 is 1.73 bits per heavy atom. The fourth-order valence-electron chi connectivity index (χ4n) is 2.69. The minimum absolute atomic E-state index is 0.0716. The second kappa shape index (κ2) is 9.49. The van der Waals surface area contributed by atoms with E-state index >= 15 is 0 Å². The van der Waals surface area contributed by atoms with Crippen molar-refractivity contribution in [2.24, 2.45) is 10.3 Å². The van der Waals surface area contributed by atoms with Gasteiger partial charge in [0.1, 0.15) is 4.98 Å². The highest BCUT2D eigenvalue weighted by molar-refractivity contribution is 9.12. The molecule has 1 aromatic rings. The fourth-order valence-corrected chi connectivity index (χ4v) is 4.26. The molecule has 146 valence electrons. The van der Waals surface area contributed by atoms with Crippen LogP contribution in [-0.4, -0.2) is 47.9 Å². The molecule has 2 aliphatic rings. The second-order valence-electron chi connectivity index (χ2n) is 5.63. The highest BCUT2D eigenvalue weighted by atomic mass is 79.9. The summed E-state index contributed by atoms with van der Waals surface area (Å²) in [4.78, 5) is 3.80. The number of rotatable bonds is 1. The third-order valence-corrected chi connectivity index (χ3v) is 5.15. The van der Waals surface area contributed by atoms with Crippen molar-refractivity contribution >= 4 is 47.7 Å². The van der Waals surface area contributed by atoms with Crippen LogP contribution in [-0.2, 0) is 20.4 Å². The molecule has 1 fully saturated rings. The molecule has 1 aromatic carbocycles. The Morgan fingerprint density at radius 1 is 1.27 bits per heavy atom. The number of nitrogens with one attached hydrogen (secondary N) is 1. The number of likely N-dealkylation sites (tertiary alicyclic amines) is 1. The molecule has 0 atom stereocenters. The van der Waals surface area contributed by atoms with Crippen LogP contribution < -0.4 is 19.3 Å². The second-order valence-corrected chi connectivity index (χ2v) is 8.71. The van der Waals surface area contributed by atoms with Gasteiger partial charge in [0.25, 0.3) is 10.2 Å². The maximum atomic E-state index is 12.2. The maximum absolute atomic E-state index is 12.2. The summed E-state index contributed by atoms with van der Waals surface area (Å²) >= 11 is 2.45. The number of nitrogens with zero attached hydrogens (tertiary/aromatic N) is 3. The Bertz CT molecular complexity index is 840. The SMILES string of the molecule is CN1CCC(N2c3ccccc3NS2(=O)=O)CC1.N#CBr.NS(N)(=O)=O.